The molecule has 0 fully saturated rings. The quantitative estimate of drug-likeness (QED) is 0.108. The van der Waals surface area contributed by atoms with E-state index in [1.807, 2.05) is 0 Å². The normalized spacial score (nSPS) is 14.0. The number of nitrogens with zero attached hydrogens (tertiary/aromatic N) is 1. The highest BCUT2D eigenvalue weighted by molar-refractivity contribution is 5.77. The maximum Gasteiger partial charge on any atom is 0.0712 e. The van der Waals surface area contributed by atoms with Crippen LogP contribution in [0.4, 0.5) is 0 Å². The number of pyridine rings is 1. The van der Waals surface area contributed by atoms with E-state index in [1.54, 1.807) is 0 Å². The molecule has 276 valence electrons. The molecular formula is C55H51N. The molecule has 1 aliphatic carbocycles. The number of hydrogen-bond acceptors (Lipinski definition) is 1. The van der Waals surface area contributed by atoms with E-state index in [1.165, 1.54) is 55.7 Å². The van der Waals surface area contributed by atoms with Gasteiger partial charge in [-0.1, -0.05) is 195 Å². The number of allylic oxidation sites excluding steroid dienone is 12. The van der Waals surface area contributed by atoms with E-state index >= 15 is 0 Å². The summed E-state index contributed by atoms with van der Waals surface area (Å²) in [6.45, 7) is 6.65. The minimum atomic E-state index is 0.328. The van der Waals surface area contributed by atoms with Gasteiger partial charge in [-0.25, -0.2) is 4.98 Å². The number of rotatable bonds is 13. The van der Waals surface area contributed by atoms with E-state index in [9.17, 15) is 0 Å². The second kappa shape index (κ2) is 18.8. The lowest BCUT2D eigenvalue weighted by Crippen LogP contribution is -1.94. The van der Waals surface area contributed by atoms with E-state index in [4.69, 9.17) is 4.98 Å². The molecule has 1 nitrogen and oxygen atoms in total. The predicted octanol–water partition coefficient (Wildman–Crippen LogP) is 15.0. The molecule has 0 radical (unpaired) electrons. The Kier molecular flexibility index (Phi) is 12.8. The lowest BCUT2D eigenvalue weighted by Gasteiger charge is -2.13. The monoisotopic (exact) mass is 725 g/mol. The molecule has 1 heterocycles. The molecule has 0 saturated heterocycles. The molecule has 56 heavy (non-hydrogen) atoms. The van der Waals surface area contributed by atoms with Crippen molar-refractivity contribution in [2.24, 2.45) is 0 Å². The molecule has 0 amide bonds. The Morgan fingerprint density at radius 2 is 1.32 bits per heavy atom. The fourth-order valence-corrected chi connectivity index (χ4v) is 7.40. The van der Waals surface area contributed by atoms with Gasteiger partial charge in [0.15, 0.2) is 0 Å². The molecule has 0 bridgehead atoms. The van der Waals surface area contributed by atoms with E-state index in [0.29, 0.717) is 5.92 Å². The maximum absolute atomic E-state index is 5.15. The smallest absolute Gasteiger partial charge is 0.0712 e. The highest BCUT2D eigenvalue weighted by atomic mass is 14.7. The van der Waals surface area contributed by atoms with Crippen molar-refractivity contribution >= 4 is 11.1 Å². The minimum absolute atomic E-state index is 0.328. The lowest BCUT2D eigenvalue weighted by atomic mass is 9.92. The van der Waals surface area contributed by atoms with E-state index in [-0.39, 0.29) is 0 Å². The molecule has 5 aromatic carbocycles. The number of benzene rings is 5. The van der Waals surface area contributed by atoms with Crippen molar-refractivity contribution in [3.63, 3.8) is 0 Å². The number of aromatic nitrogens is 1. The van der Waals surface area contributed by atoms with Crippen LogP contribution in [-0.4, -0.2) is 4.98 Å². The summed E-state index contributed by atoms with van der Waals surface area (Å²) >= 11 is 0. The number of hydrogen-bond donors (Lipinski definition) is 0. The fraction of sp³-hybridized carbons (Fsp3) is 0.145. The van der Waals surface area contributed by atoms with Gasteiger partial charge in [0.05, 0.1) is 11.4 Å². The standard InChI is InChI=1S/C55H51N/c1-4-45(47-22-11-6-12-23-47)38-43(37-42(3)46-29-31-49(32-30-46)48-24-13-7-14-25-48)20-9-5-10-21-44-39-54(51-26-15-8-16-27-51)56-55(40-44)52-35-33-50(34-36-52)53-28-18-17-19-41(53)2/h5-6,8-13,15-20,22-40,45H,4,7,14,21H2,1-3H3/b10-5-,20-9+,42-37+,43-38-. The Labute approximate surface area is 334 Å². The van der Waals surface area contributed by atoms with Gasteiger partial charge in [0, 0.05) is 17.0 Å². The summed E-state index contributed by atoms with van der Waals surface area (Å²) in [6, 6.07) is 52.2. The summed E-state index contributed by atoms with van der Waals surface area (Å²) in [6.07, 6.45) is 24.5. The van der Waals surface area contributed by atoms with Crippen LogP contribution in [0, 0.1) is 6.92 Å². The van der Waals surface area contributed by atoms with Gasteiger partial charge >= 0.3 is 0 Å². The molecular weight excluding hydrogens is 675 g/mol. The van der Waals surface area contributed by atoms with Crippen LogP contribution in [0.1, 0.15) is 66.8 Å². The van der Waals surface area contributed by atoms with Gasteiger partial charge in [0.2, 0.25) is 0 Å². The Morgan fingerprint density at radius 3 is 2.00 bits per heavy atom. The molecule has 0 spiro atoms. The van der Waals surface area contributed by atoms with Gasteiger partial charge in [0.1, 0.15) is 0 Å². The third kappa shape index (κ3) is 9.86. The summed E-state index contributed by atoms with van der Waals surface area (Å²) in [5, 5.41) is 0. The van der Waals surface area contributed by atoms with Crippen LogP contribution in [0.3, 0.4) is 0 Å². The van der Waals surface area contributed by atoms with Gasteiger partial charge in [-0.3, -0.25) is 0 Å². The fourth-order valence-electron chi connectivity index (χ4n) is 7.40. The average Bonchev–Trinajstić information content (AvgIpc) is 3.26. The molecule has 7 rings (SSSR count). The molecule has 1 aromatic heterocycles. The van der Waals surface area contributed by atoms with Crippen molar-refractivity contribution in [2.75, 3.05) is 0 Å². The van der Waals surface area contributed by atoms with Crippen molar-refractivity contribution in [1.82, 2.24) is 4.98 Å². The van der Waals surface area contributed by atoms with Crippen molar-refractivity contribution in [2.45, 2.75) is 52.4 Å². The molecule has 0 aliphatic heterocycles. The topological polar surface area (TPSA) is 12.9 Å². The Morgan fingerprint density at radius 1 is 0.679 bits per heavy atom. The van der Waals surface area contributed by atoms with E-state index in [0.717, 1.165) is 48.2 Å². The SMILES string of the molecule is CCC(/C=C(/C=C/C=C\Cc1cc(-c2ccccc2)nc(-c2ccc(-c3ccccc3C)cc2)c1)\C=C(/C)c1ccc(C2=CCCC=C2)cc1)c1ccccc1. The summed E-state index contributed by atoms with van der Waals surface area (Å²) in [4.78, 5) is 5.15. The third-order valence-electron chi connectivity index (χ3n) is 10.6. The Balaban J connectivity index is 1.14. The highest BCUT2D eigenvalue weighted by Gasteiger charge is 2.10. The van der Waals surface area contributed by atoms with E-state index in [2.05, 4.69) is 221 Å². The molecule has 1 heteroatoms. The van der Waals surface area contributed by atoms with Crippen LogP contribution >= 0.6 is 0 Å². The Bertz CT molecular complexity index is 2400. The zero-order chi connectivity index (χ0) is 38.5. The highest BCUT2D eigenvalue weighted by Crippen LogP contribution is 2.30. The third-order valence-corrected chi connectivity index (χ3v) is 10.6. The zero-order valence-electron chi connectivity index (χ0n) is 32.9. The van der Waals surface area contributed by atoms with Crippen LogP contribution < -0.4 is 0 Å². The molecule has 6 aromatic rings. The number of aryl methyl sites for hydroxylation is 1. The molecule has 1 aliphatic rings. The molecule has 1 unspecified atom stereocenters. The van der Waals surface area contributed by atoms with Crippen molar-refractivity contribution < 1.29 is 0 Å². The second-order valence-electron chi connectivity index (χ2n) is 14.6. The first-order valence-corrected chi connectivity index (χ1v) is 20.0. The first kappa shape index (κ1) is 38.0. The lowest BCUT2D eigenvalue weighted by molar-refractivity contribution is 0.802. The van der Waals surface area contributed by atoms with Crippen molar-refractivity contribution in [3.8, 4) is 33.6 Å². The first-order chi connectivity index (χ1) is 27.5. The Hall–Kier alpha value is -6.31. The van der Waals surface area contributed by atoms with Crippen LogP contribution in [0.2, 0.25) is 0 Å². The minimum Gasteiger partial charge on any atom is -0.248 e. The average molecular weight is 726 g/mol. The van der Waals surface area contributed by atoms with E-state index < -0.39 is 0 Å². The summed E-state index contributed by atoms with van der Waals surface area (Å²) < 4.78 is 0. The summed E-state index contributed by atoms with van der Waals surface area (Å²) in [5.41, 5.74) is 16.8. The van der Waals surface area contributed by atoms with Crippen LogP contribution in [0.25, 0.3) is 44.8 Å². The van der Waals surface area contributed by atoms with Gasteiger partial charge < -0.3 is 0 Å². The zero-order valence-corrected chi connectivity index (χ0v) is 32.9. The molecule has 0 saturated carbocycles. The van der Waals surface area contributed by atoms with Gasteiger partial charge in [0.25, 0.3) is 0 Å². The van der Waals surface area contributed by atoms with Gasteiger partial charge in [-0.05, 0) is 107 Å². The summed E-state index contributed by atoms with van der Waals surface area (Å²) in [7, 11) is 0. The second-order valence-corrected chi connectivity index (χ2v) is 14.6. The largest absolute Gasteiger partial charge is 0.248 e. The van der Waals surface area contributed by atoms with Gasteiger partial charge in [-0.15, -0.1) is 0 Å². The van der Waals surface area contributed by atoms with Crippen LogP contribution in [0.15, 0.2) is 206 Å². The summed E-state index contributed by atoms with van der Waals surface area (Å²) in [5.74, 6) is 0.328. The predicted molar refractivity (Wildman–Crippen MR) is 241 cm³/mol. The molecule has 1 atom stereocenters. The van der Waals surface area contributed by atoms with Crippen LogP contribution in [-0.2, 0) is 6.42 Å². The van der Waals surface area contributed by atoms with Gasteiger partial charge in [-0.2, -0.15) is 0 Å². The van der Waals surface area contributed by atoms with Crippen molar-refractivity contribution in [3.05, 3.63) is 234 Å². The van der Waals surface area contributed by atoms with Crippen molar-refractivity contribution in [1.29, 1.82) is 0 Å². The first-order valence-electron chi connectivity index (χ1n) is 20.0. The molecule has 0 N–H and O–H groups in total. The maximum atomic E-state index is 5.15. The van der Waals surface area contributed by atoms with Crippen LogP contribution in [0.5, 0.6) is 0 Å².